The van der Waals surface area contributed by atoms with E-state index in [1.807, 2.05) is 4.90 Å². The maximum Gasteiger partial charge on any atom is 0.264 e. The highest BCUT2D eigenvalue weighted by Gasteiger charge is 2.29. The summed E-state index contributed by atoms with van der Waals surface area (Å²) in [4.78, 5) is 17.5. The molecule has 114 valence electrons. The number of rotatable bonds is 4. The van der Waals surface area contributed by atoms with Crippen LogP contribution in [-0.4, -0.2) is 28.4 Å². The number of aryl methyl sites for hydroxylation is 2. The summed E-state index contributed by atoms with van der Waals surface area (Å²) in [6, 6.07) is 2.43. The lowest BCUT2D eigenvalue weighted by atomic mass is 9.99. The molecule has 5 heteroatoms. The number of hydrogen-bond donors (Lipinski definition) is 1. The molecule has 3 rings (SSSR count). The maximum atomic E-state index is 12.9. The molecular weight excluding hydrogens is 300 g/mol. The van der Waals surface area contributed by atoms with Crippen LogP contribution in [0.2, 0.25) is 0 Å². The standard InChI is InChI=1S/C16H22N2OS2/c17-15(20)10-18(12-6-2-3-7-12)16(19)14-9-11-5-1-4-8-13(11)21-14/h9,12H,1-8,10H2,(H2,17,20). The molecule has 0 atom stereocenters. The van der Waals surface area contributed by atoms with E-state index in [-0.39, 0.29) is 5.91 Å². The minimum atomic E-state index is 0.133. The second-order valence-corrected chi connectivity index (χ2v) is 7.76. The van der Waals surface area contributed by atoms with Gasteiger partial charge in [-0.2, -0.15) is 0 Å². The number of hydrogen-bond acceptors (Lipinski definition) is 3. The SMILES string of the molecule is NC(=S)CN(C(=O)c1cc2c(s1)CCCC2)C1CCCC1. The van der Waals surface area contributed by atoms with Crippen molar-refractivity contribution in [2.75, 3.05) is 6.54 Å². The van der Waals surface area contributed by atoms with Crippen LogP contribution in [0.4, 0.5) is 0 Å². The van der Waals surface area contributed by atoms with Crippen molar-refractivity contribution in [3.63, 3.8) is 0 Å². The van der Waals surface area contributed by atoms with Gasteiger partial charge in [-0.25, -0.2) is 0 Å². The topological polar surface area (TPSA) is 46.3 Å². The van der Waals surface area contributed by atoms with Gasteiger partial charge in [0.15, 0.2) is 0 Å². The van der Waals surface area contributed by atoms with E-state index >= 15 is 0 Å². The Morgan fingerprint density at radius 3 is 2.67 bits per heavy atom. The Morgan fingerprint density at radius 2 is 2.00 bits per heavy atom. The van der Waals surface area contributed by atoms with Gasteiger partial charge in [0, 0.05) is 10.9 Å². The summed E-state index contributed by atoms with van der Waals surface area (Å²) in [6.45, 7) is 0.418. The third-order valence-corrected chi connectivity index (χ3v) is 5.91. The number of carbonyl (C=O) groups excluding carboxylic acids is 1. The van der Waals surface area contributed by atoms with Crippen molar-refractivity contribution in [1.29, 1.82) is 0 Å². The molecule has 2 N–H and O–H groups in total. The van der Waals surface area contributed by atoms with Gasteiger partial charge in [-0.05, 0) is 50.2 Å². The Balaban J connectivity index is 1.82. The van der Waals surface area contributed by atoms with E-state index in [2.05, 4.69) is 6.07 Å². The summed E-state index contributed by atoms with van der Waals surface area (Å²) < 4.78 is 0. The van der Waals surface area contributed by atoms with Gasteiger partial charge in [-0.15, -0.1) is 11.3 Å². The number of thiophene rings is 1. The lowest BCUT2D eigenvalue weighted by molar-refractivity contribution is 0.0719. The van der Waals surface area contributed by atoms with Gasteiger partial charge in [-0.1, -0.05) is 25.1 Å². The van der Waals surface area contributed by atoms with E-state index in [4.69, 9.17) is 18.0 Å². The lowest BCUT2D eigenvalue weighted by Crippen LogP contribution is -2.43. The number of amides is 1. The second kappa shape index (κ2) is 6.44. The highest BCUT2D eigenvalue weighted by atomic mass is 32.1. The molecule has 3 nitrogen and oxygen atoms in total. The molecule has 1 aromatic heterocycles. The first-order valence-corrected chi connectivity index (χ1v) is 9.08. The first-order valence-electron chi connectivity index (χ1n) is 7.86. The van der Waals surface area contributed by atoms with Gasteiger partial charge >= 0.3 is 0 Å². The van der Waals surface area contributed by atoms with E-state index in [1.54, 1.807) is 11.3 Å². The average molecular weight is 322 g/mol. The van der Waals surface area contributed by atoms with Gasteiger partial charge in [0.2, 0.25) is 0 Å². The smallest absolute Gasteiger partial charge is 0.264 e. The van der Waals surface area contributed by atoms with Gasteiger partial charge in [0.1, 0.15) is 0 Å². The molecule has 0 saturated heterocycles. The summed E-state index contributed by atoms with van der Waals surface area (Å²) in [5.74, 6) is 0.133. The molecule has 2 aliphatic carbocycles. The Hall–Kier alpha value is -0.940. The van der Waals surface area contributed by atoms with Crippen LogP contribution >= 0.6 is 23.6 Å². The maximum absolute atomic E-state index is 12.9. The summed E-state index contributed by atoms with van der Waals surface area (Å²) in [5.41, 5.74) is 7.10. The summed E-state index contributed by atoms with van der Waals surface area (Å²) in [6.07, 6.45) is 9.32. The molecule has 0 radical (unpaired) electrons. The van der Waals surface area contributed by atoms with Crippen LogP contribution in [0.5, 0.6) is 0 Å². The lowest BCUT2D eigenvalue weighted by Gasteiger charge is -2.28. The molecule has 0 spiro atoms. The summed E-state index contributed by atoms with van der Waals surface area (Å²) >= 11 is 6.73. The van der Waals surface area contributed by atoms with E-state index in [1.165, 1.54) is 36.1 Å². The van der Waals surface area contributed by atoms with Gasteiger partial charge in [0.25, 0.3) is 5.91 Å². The quantitative estimate of drug-likeness (QED) is 0.865. The van der Waals surface area contributed by atoms with Gasteiger partial charge in [0.05, 0.1) is 16.4 Å². The van der Waals surface area contributed by atoms with E-state index in [0.29, 0.717) is 17.6 Å². The molecular formula is C16H22N2OS2. The van der Waals surface area contributed by atoms with Crippen LogP contribution in [0, 0.1) is 0 Å². The van der Waals surface area contributed by atoms with Crippen molar-refractivity contribution in [3.05, 3.63) is 21.4 Å². The molecule has 0 bridgehead atoms. The minimum absolute atomic E-state index is 0.133. The van der Waals surface area contributed by atoms with E-state index < -0.39 is 0 Å². The fourth-order valence-corrected chi connectivity index (χ4v) is 4.84. The third kappa shape index (κ3) is 3.29. The van der Waals surface area contributed by atoms with Crippen LogP contribution in [0.25, 0.3) is 0 Å². The van der Waals surface area contributed by atoms with Gasteiger partial charge in [-0.3, -0.25) is 4.79 Å². The minimum Gasteiger partial charge on any atom is -0.392 e. The van der Waals surface area contributed by atoms with Crippen molar-refractivity contribution in [1.82, 2.24) is 4.90 Å². The number of fused-ring (bicyclic) bond motifs is 1. The molecule has 0 aromatic carbocycles. The number of nitrogens with two attached hydrogens (primary N) is 1. The average Bonchev–Trinajstić information content (AvgIpc) is 3.12. The molecule has 0 aliphatic heterocycles. The summed E-state index contributed by atoms with van der Waals surface area (Å²) in [5, 5.41) is 0. The van der Waals surface area contributed by atoms with E-state index in [9.17, 15) is 4.79 Å². The zero-order valence-corrected chi connectivity index (χ0v) is 13.9. The van der Waals surface area contributed by atoms with Crippen molar-refractivity contribution in [3.8, 4) is 0 Å². The van der Waals surface area contributed by atoms with Gasteiger partial charge < -0.3 is 10.6 Å². The Labute approximate surface area is 135 Å². The van der Waals surface area contributed by atoms with Crippen molar-refractivity contribution >= 4 is 34.5 Å². The van der Waals surface area contributed by atoms with Crippen LogP contribution in [-0.2, 0) is 12.8 Å². The molecule has 1 amide bonds. The normalized spacial score (nSPS) is 18.5. The van der Waals surface area contributed by atoms with Crippen molar-refractivity contribution in [2.45, 2.75) is 57.4 Å². The Bertz CT molecular complexity index is 523. The third-order valence-electron chi connectivity index (χ3n) is 4.56. The molecule has 0 unspecified atom stereocenters. The highest BCUT2D eigenvalue weighted by Crippen LogP contribution is 2.32. The number of carbonyl (C=O) groups is 1. The fraction of sp³-hybridized carbons (Fsp3) is 0.625. The zero-order valence-electron chi connectivity index (χ0n) is 12.3. The van der Waals surface area contributed by atoms with Crippen LogP contribution in [0.15, 0.2) is 6.07 Å². The monoisotopic (exact) mass is 322 g/mol. The fourth-order valence-electron chi connectivity index (χ4n) is 3.49. The Morgan fingerprint density at radius 1 is 1.29 bits per heavy atom. The van der Waals surface area contributed by atoms with Crippen molar-refractivity contribution in [2.24, 2.45) is 5.73 Å². The summed E-state index contributed by atoms with van der Waals surface area (Å²) in [7, 11) is 0. The van der Waals surface area contributed by atoms with Crippen LogP contribution in [0.1, 0.15) is 58.6 Å². The first kappa shape index (κ1) is 15.0. The largest absolute Gasteiger partial charge is 0.392 e. The predicted molar refractivity (Wildman–Crippen MR) is 91.0 cm³/mol. The van der Waals surface area contributed by atoms with Crippen molar-refractivity contribution < 1.29 is 4.79 Å². The highest BCUT2D eigenvalue weighted by molar-refractivity contribution is 7.80. The molecule has 1 aromatic rings. The first-order chi connectivity index (χ1) is 10.1. The number of nitrogens with zero attached hydrogens (tertiary/aromatic N) is 1. The number of thiocarbonyl (C=S) groups is 1. The predicted octanol–water partition coefficient (Wildman–Crippen LogP) is 3.30. The molecule has 1 fully saturated rings. The van der Waals surface area contributed by atoms with Crippen LogP contribution in [0.3, 0.4) is 0 Å². The van der Waals surface area contributed by atoms with E-state index in [0.717, 1.165) is 30.6 Å². The molecule has 1 saturated carbocycles. The molecule has 2 aliphatic rings. The molecule has 21 heavy (non-hydrogen) atoms. The second-order valence-electron chi connectivity index (χ2n) is 6.10. The molecule has 1 heterocycles. The Kier molecular flexibility index (Phi) is 4.60. The van der Waals surface area contributed by atoms with Crippen LogP contribution < -0.4 is 5.73 Å². The zero-order chi connectivity index (χ0) is 14.8.